The third kappa shape index (κ3) is 5.43. The Labute approximate surface area is 215 Å². The molecule has 0 aliphatic carbocycles. The number of barbiturate groups is 1. The van der Waals surface area contributed by atoms with E-state index >= 15 is 0 Å². The van der Waals surface area contributed by atoms with Crippen molar-refractivity contribution in [1.29, 1.82) is 0 Å². The van der Waals surface area contributed by atoms with Gasteiger partial charge in [0.05, 0.1) is 22.8 Å². The Morgan fingerprint density at radius 3 is 2.34 bits per heavy atom. The lowest BCUT2D eigenvalue weighted by Gasteiger charge is -2.26. The topological polar surface area (TPSA) is 84.9 Å². The van der Waals surface area contributed by atoms with Crippen LogP contribution >= 0.6 is 34.8 Å². The first-order valence-electron chi connectivity index (χ1n) is 10.2. The number of hydrogen-bond acceptors (Lipinski definition) is 5. The number of methoxy groups -OCH3 is 1. The SMILES string of the molecule is COc1ccc(N2C(=O)NC(=O)/C(=C\c3cc(Cl)ccc3OCc3ccc(Cl)c(Cl)c3)C2=O)cc1. The molecule has 3 aromatic rings. The van der Waals surface area contributed by atoms with Crippen molar-refractivity contribution >= 4 is 64.4 Å². The number of benzene rings is 3. The maximum absolute atomic E-state index is 13.2. The first-order valence-corrected chi connectivity index (χ1v) is 11.3. The number of carbonyl (C=O) groups is 3. The van der Waals surface area contributed by atoms with Crippen LogP contribution in [0, 0.1) is 0 Å². The van der Waals surface area contributed by atoms with Crippen LogP contribution in [0.3, 0.4) is 0 Å². The molecule has 0 aromatic heterocycles. The summed E-state index contributed by atoms with van der Waals surface area (Å²) in [4.78, 5) is 39.1. The van der Waals surface area contributed by atoms with E-state index in [4.69, 9.17) is 44.3 Å². The Morgan fingerprint density at radius 1 is 0.914 bits per heavy atom. The fourth-order valence-electron chi connectivity index (χ4n) is 3.33. The third-order valence-electron chi connectivity index (χ3n) is 5.08. The van der Waals surface area contributed by atoms with E-state index in [1.54, 1.807) is 48.5 Å². The molecule has 35 heavy (non-hydrogen) atoms. The zero-order valence-electron chi connectivity index (χ0n) is 18.2. The standard InChI is InChI=1S/C25H17Cl3N2O5/c1-34-18-6-4-17(5-7-18)30-24(32)19(23(31)29-25(30)33)12-15-11-16(26)3-9-22(15)35-13-14-2-8-20(27)21(28)10-14/h2-12H,13H2,1H3,(H,29,31,33)/b19-12+. The highest BCUT2D eigenvalue weighted by molar-refractivity contribution is 6.42. The summed E-state index contributed by atoms with van der Waals surface area (Å²) >= 11 is 18.2. The Morgan fingerprint density at radius 2 is 1.66 bits per heavy atom. The van der Waals surface area contributed by atoms with Crippen LogP contribution in [0.1, 0.15) is 11.1 Å². The molecule has 0 atom stereocenters. The van der Waals surface area contributed by atoms with Crippen LogP contribution in [0.15, 0.2) is 66.2 Å². The van der Waals surface area contributed by atoms with E-state index in [1.807, 2.05) is 0 Å². The molecule has 3 aromatic carbocycles. The van der Waals surface area contributed by atoms with E-state index in [0.29, 0.717) is 32.1 Å². The molecule has 1 fully saturated rings. The van der Waals surface area contributed by atoms with Crippen LogP contribution in [-0.2, 0) is 16.2 Å². The van der Waals surface area contributed by atoms with Crippen molar-refractivity contribution in [1.82, 2.24) is 5.32 Å². The molecular formula is C25H17Cl3N2O5. The van der Waals surface area contributed by atoms with E-state index < -0.39 is 17.8 Å². The number of carbonyl (C=O) groups excluding carboxylic acids is 3. The normalized spacial score (nSPS) is 14.8. The zero-order chi connectivity index (χ0) is 25.1. The van der Waals surface area contributed by atoms with Gasteiger partial charge in [0.25, 0.3) is 11.8 Å². The number of halogens is 3. The van der Waals surface area contributed by atoms with Crippen LogP contribution in [-0.4, -0.2) is 25.0 Å². The Balaban J connectivity index is 1.65. The van der Waals surface area contributed by atoms with Crippen LogP contribution in [0.5, 0.6) is 11.5 Å². The van der Waals surface area contributed by atoms with Gasteiger partial charge in [-0.25, -0.2) is 9.69 Å². The van der Waals surface area contributed by atoms with Gasteiger partial charge in [-0.15, -0.1) is 0 Å². The average Bonchev–Trinajstić information content (AvgIpc) is 2.83. The van der Waals surface area contributed by atoms with Gasteiger partial charge < -0.3 is 9.47 Å². The van der Waals surface area contributed by atoms with Gasteiger partial charge in [-0.2, -0.15) is 0 Å². The van der Waals surface area contributed by atoms with Crippen LogP contribution in [0.2, 0.25) is 15.1 Å². The number of rotatable bonds is 6. The summed E-state index contributed by atoms with van der Waals surface area (Å²) in [6.45, 7) is 0.144. The van der Waals surface area contributed by atoms with Crippen molar-refractivity contribution in [3.05, 3.63) is 92.4 Å². The number of hydrogen-bond donors (Lipinski definition) is 1. The minimum Gasteiger partial charge on any atom is -0.497 e. The zero-order valence-corrected chi connectivity index (χ0v) is 20.4. The van der Waals surface area contributed by atoms with Crippen molar-refractivity contribution in [2.45, 2.75) is 6.61 Å². The molecule has 1 saturated heterocycles. The molecule has 178 valence electrons. The summed E-state index contributed by atoms with van der Waals surface area (Å²) in [6.07, 6.45) is 1.33. The number of imide groups is 2. The van der Waals surface area contributed by atoms with Crippen LogP contribution in [0.25, 0.3) is 6.08 Å². The molecule has 0 radical (unpaired) electrons. The summed E-state index contributed by atoms with van der Waals surface area (Å²) in [5, 5.41) is 3.36. The van der Waals surface area contributed by atoms with E-state index in [1.165, 1.54) is 25.3 Å². The molecule has 4 rings (SSSR count). The maximum atomic E-state index is 13.2. The van der Waals surface area contributed by atoms with Crippen molar-refractivity contribution < 1.29 is 23.9 Å². The molecule has 0 unspecified atom stereocenters. The first-order chi connectivity index (χ1) is 16.8. The maximum Gasteiger partial charge on any atom is 0.335 e. The highest BCUT2D eigenvalue weighted by Gasteiger charge is 2.37. The van der Waals surface area contributed by atoms with E-state index in [0.717, 1.165) is 10.5 Å². The first kappa shape index (κ1) is 24.6. The van der Waals surface area contributed by atoms with Gasteiger partial charge in [0, 0.05) is 10.6 Å². The number of amides is 4. The third-order valence-corrected chi connectivity index (χ3v) is 6.06. The second kappa shape index (κ2) is 10.4. The summed E-state index contributed by atoms with van der Waals surface area (Å²) in [6, 6.07) is 15.3. The highest BCUT2D eigenvalue weighted by Crippen LogP contribution is 2.30. The van der Waals surface area contributed by atoms with Gasteiger partial charge in [-0.05, 0) is 66.2 Å². The van der Waals surface area contributed by atoms with Crippen molar-refractivity contribution in [3.63, 3.8) is 0 Å². The fraction of sp³-hybridized carbons (Fsp3) is 0.0800. The monoisotopic (exact) mass is 530 g/mol. The van der Waals surface area contributed by atoms with Gasteiger partial charge >= 0.3 is 6.03 Å². The summed E-state index contributed by atoms with van der Waals surface area (Å²) in [7, 11) is 1.50. The second-order valence-electron chi connectivity index (χ2n) is 7.38. The molecule has 1 aliphatic heterocycles. The highest BCUT2D eigenvalue weighted by atomic mass is 35.5. The van der Waals surface area contributed by atoms with Crippen LogP contribution in [0.4, 0.5) is 10.5 Å². The summed E-state index contributed by atoms with van der Waals surface area (Å²) in [5.41, 5.74) is 1.15. The Hall–Kier alpha value is -3.52. The molecule has 1 heterocycles. The molecule has 1 aliphatic rings. The Bertz CT molecular complexity index is 1360. The molecule has 0 spiro atoms. The lowest BCUT2D eigenvalue weighted by atomic mass is 10.1. The number of urea groups is 1. The lowest BCUT2D eigenvalue weighted by molar-refractivity contribution is -0.122. The average molecular weight is 532 g/mol. The number of anilines is 1. The van der Waals surface area contributed by atoms with E-state index in [-0.39, 0.29) is 17.9 Å². The van der Waals surface area contributed by atoms with Gasteiger partial charge in [-0.1, -0.05) is 40.9 Å². The predicted octanol–water partition coefficient (Wildman–Crippen LogP) is 5.90. The molecular weight excluding hydrogens is 515 g/mol. The fourth-order valence-corrected chi connectivity index (χ4v) is 3.83. The lowest BCUT2D eigenvalue weighted by Crippen LogP contribution is -2.54. The summed E-state index contributed by atoms with van der Waals surface area (Å²) < 4.78 is 11.0. The van der Waals surface area contributed by atoms with Gasteiger partial charge in [0.15, 0.2) is 0 Å². The quantitative estimate of drug-likeness (QED) is 0.316. The minimum atomic E-state index is -0.857. The molecule has 10 heteroatoms. The van der Waals surface area contributed by atoms with Crippen molar-refractivity contribution in [2.75, 3.05) is 12.0 Å². The van der Waals surface area contributed by atoms with Gasteiger partial charge in [0.2, 0.25) is 0 Å². The minimum absolute atomic E-state index is 0.144. The van der Waals surface area contributed by atoms with E-state index in [2.05, 4.69) is 5.32 Å². The smallest absolute Gasteiger partial charge is 0.335 e. The van der Waals surface area contributed by atoms with Crippen molar-refractivity contribution in [3.8, 4) is 11.5 Å². The Kier molecular flexibility index (Phi) is 7.31. The second-order valence-corrected chi connectivity index (χ2v) is 8.63. The van der Waals surface area contributed by atoms with Gasteiger partial charge in [0.1, 0.15) is 23.7 Å². The molecule has 7 nitrogen and oxygen atoms in total. The molecule has 1 N–H and O–H groups in total. The predicted molar refractivity (Wildman–Crippen MR) is 134 cm³/mol. The summed E-state index contributed by atoms with van der Waals surface area (Å²) in [5.74, 6) is -0.714. The van der Waals surface area contributed by atoms with E-state index in [9.17, 15) is 14.4 Å². The van der Waals surface area contributed by atoms with Gasteiger partial charge in [-0.3, -0.25) is 14.9 Å². The number of ether oxygens (including phenoxy) is 2. The largest absolute Gasteiger partial charge is 0.497 e. The van der Waals surface area contributed by atoms with Crippen molar-refractivity contribution in [2.24, 2.45) is 0 Å². The number of nitrogens with zero attached hydrogens (tertiary/aromatic N) is 1. The molecule has 0 saturated carbocycles. The van der Waals surface area contributed by atoms with Crippen LogP contribution < -0.4 is 19.7 Å². The molecule has 0 bridgehead atoms. The molecule has 4 amide bonds. The number of nitrogens with one attached hydrogen (secondary N) is 1.